The number of nitrogens with one attached hydrogen (secondary N) is 3. The number of H-pyrrole nitrogens is 1. The molecular formula is C23H30N6O3. The lowest BCUT2D eigenvalue weighted by molar-refractivity contribution is -0.125. The van der Waals surface area contributed by atoms with Crippen molar-refractivity contribution in [1.82, 2.24) is 19.8 Å². The van der Waals surface area contributed by atoms with Gasteiger partial charge in [0.2, 0.25) is 5.91 Å². The van der Waals surface area contributed by atoms with Crippen molar-refractivity contribution < 1.29 is 9.53 Å². The molecule has 2 aliphatic rings. The molecule has 1 amide bonds. The van der Waals surface area contributed by atoms with Gasteiger partial charge in [-0.15, -0.1) is 0 Å². The Morgan fingerprint density at radius 1 is 1.28 bits per heavy atom. The van der Waals surface area contributed by atoms with Gasteiger partial charge >= 0.3 is 0 Å². The Balaban J connectivity index is 1.34. The van der Waals surface area contributed by atoms with Crippen molar-refractivity contribution in [2.75, 3.05) is 63.6 Å². The first-order chi connectivity index (χ1) is 15.6. The van der Waals surface area contributed by atoms with Crippen molar-refractivity contribution in [3.63, 3.8) is 0 Å². The standard InChI is InChI=1S/C23H30N6O3/c1-24-21-14-17(4-6-25-21)18-13-20(23(31)26-15-18)27-19-5-8-29(16-19)22(30)3-2-7-28-9-11-32-12-10-28/h2-4,6,13-15,19,27H,5,7-12,16H2,1H3,(H,24,25)(H,26,31)/t19-/m1/s1. The Labute approximate surface area is 187 Å². The Bertz CT molecular complexity index is 1010. The molecule has 2 aliphatic heterocycles. The highest BCUT2D eigenvalue weighted by atomic mass is 16.5. The van der Waals surface area contributed by atoms with Gasteiger partial charge in [0.25, 0.3) is 5.56 Å². The van der Waals surface area contributed by atoms with Crippen LogP contribution in [0, 0.1) is 0 Å². The maximum atomic E-state index is 12.5. The van der Waals surface area contributed by atoms with Crippen LogP contribution in [0.15, 0.2) is 47.5 Å². The molecule has 2 fully saturated rings. The molecule has 0 spiro atoms. The molecule has 2 aromatic heterocycles. The van der Waals surface area contributed by atoms with E-state index < -0.39 is 0 Å². The second-order valence-corrected chi connectivity index (χ2v) is 8.04. The third-order valence-corrected chi connectivity index (χ3v) is 5.84. The first kappa shape index (κ1) is 22.0. The van der Waals surface area contributed by atoms with Crippen molar-refractivity contribution in [2.24, 2.45) is 0 Å². The molecule has 4 rings (SSSR count). The molecule has 2 saturated heterocycles. The normalized spacial score (nSPS) is 19.4. The summed E-state index contributed by atoms with van der Waals surface area (Å²) in [5.74, 6) is 0.774. The second-order valence-electron chi connectivity index (χ2n) is 8.04. The number of hydrogen-bond acceptors (Lipinski definition) is 7. The van der Waals surface area contributed by atoms with E-state index in [1.165, 1.54) is 0 Å². The van der Waals surface area contributed by atoms with Crippen molar-refractivity contribution >= 4 is 17.4 Å². The minimum atomic E-state index is -0.174. The number of anilines is 2. The van der Waals surface area contributed by atoms with E-state index in [4.69, 9.17) is 4.74 Å². The minimum absolute atomic E-state index is 0.0154. The SMILES string of the molecule is CNc1cc(-c2c[nH]c(=O)c(N[C@@H]3CCN(C(=O)C=CCN4CCOCC4)C3)c2)ccn1. The molecule has 0 bridgehead atoms. The average molecular weight is 439 g/mol. The number of rotatable bonds is 7. The van der Waals surface area contributed by atoms with Crippen molar-refractivity contribution in [3.8, 4) is 11.1 Å². The smallest absolute Gasteiger partial charge is 0.271 e. The molecule has 4 heterocycles. The summed E-state index contributed by atoms with van der Waals surface area (Å²) in [6.45, 7) is 5.31. The molecule has 170 valence electrons. The summed E-state index contributed by atoms with van der Waals surface area (Å²) in [4.78, 5) is 36.0. The van der Waals surface area contributed by atoms with E-state index in [1.807, 2.05) is 36.2 Å². The summed E-state index contributed by atoms with van der Waals surface area (Å²) in [6.07, 6.45) is 7.81. The Morgan fingerprint density at radius 2 is 2.12 bits per heavy atom. The zero-order chi connectivity index (χ0) is 22.3. The number of aromatic nitrogens is 2. The summed E-state index contributed by atoms with van der Waals surface area (Å²) >= 11 is 0. The third kappa shape index (κ3) is 5.54. The van der Waals surface area contributed by atoms with Crippen molar-refractivity contribution in [3.05, 3.63) is 53.1 Å². The van der Waals surface area contributed by atoms with Gasteiger partial charge in [-0.3, -0.25) is 14.5 Å². The molecule has 0 aromatic carbocycles. The number of ether oxygens (including phenoxy) is 1. The van der Waals surface area contributed by atoms with Crippen LogP contribution in [0.5, 0.6) is 0 Å². The summed E-state index contributed by atoms with van der Waals surface area (Å²) in [5, 5.41) is 6.35. The first-order valence-corrected chi connectivity index (χ1v) is 11.0. The zero-order valence-corrected chi connectivity index (χ0v) is 18.3. The lowest BCUT2D eigenvalue weighted by Crippen LogP contribution is -2.36. The predicted molar refractivity (Wildman–Crippen MR) is 125 cm³/mol. The Kier molecular flexibility index (Phi) is 7.18. The van der Waals surface area contributed by atoms with Crippen LogP contribution < -0.4 is 16.2 Å². The van der Waals surface area contributed by atoms with E-state index in [2.05, 4.69) is 25.5 Å². The number of pyridine rings is 2. The van der Waals surface area contributed by atoms with Crippen LogP contribution in [-0.2, 0) is 9.53 Å². The number of hydrogen-bond donors (Lipinski definition) is 3. The van der Waals surface area contributed by atoms with E-state index >= 15 is 0 Å². The van der Waals surface area contributed by atoms with Gasteiger partial charge in [-0.05, 0) is 30.2 Å². The van der Waals surface area contributed by atoms with Crippen LogP contribution in [0.3, 0.4) is 0 Å². The molecule has 9 heteroatoms. The van der Waals surface area contributed by atoms with Crippen LogP contribution in [0.25, 0.3) is 11.1 Å². The average Bonchev–Trinajstić information content (AvgIpc) is 3.30. The molecule has 3 N–H and O–H groups in total. The minimum Gasteiger partial charge on any atom is -0.379 e. The van der Waals surface area contributed by atoms with Gasteiger partial charge in [-0.1, -0.05) is 6.08 Å². The third-order valence-electron chi connectivity index (χ3n) is 5.84. The van der Waals surface area contributed by atoms with E-state index in [9.17, 15) is 9.59 Å². The quantitative estimate of drug-likeness (QED) is 0.561. The molecule has 0 unspecified atom stereocenters. The molecule has 0 saturated carbocycles. The maximum absolute atomic E-state index is 12.5. The molecule has 1 atom stereocenters. The van der Waals surface area contributed by atoms with Crippen LogP contribution in [0.1, 0.15) is 6.42 Å². The monoisotopic (exact) mass is 438 g/mol. The van der Waals surface area contributed by atoms with Crippen molar-refractivity contribution in [1.29, 1.82) is 0 Å². The topological polar surface area (TPSA) is 103 Å². The number of carbonyl (C=O) groups is 1. The highest BCUT2D eigenvalue weighted by Gasteiger charge is 2.25. The summed E-state index contributed by atoms with van der Waals surface area (Å²) < 4.78 is 5.34. The number of morpholine rings is 1. The van der Waals surface area contributed by atoms with E-state index in [1.54, 1.807) is 18.5 Å². The van der Waals surface area contributed by atoms with Gasteiger partial charge < -0.3 is 25.3 Å². The summed E-state index contributed by atoms with van der Waals surface area (Å²) in [5.41, 5.74) is 2.18. The first-order valence-electron chi connectivity index (χ1n) is 11.0. The fraction of sp³-hybridized carbons (Fsp3) is 0.435. The molecule has 0 radical (unpaired) electrons. The Morgan fingerprint density at radius 3 is 2.94 bits per heavy atom. The molecular weight excluding hydrogens is 408 g/mol. The van der Waals surface area contributed by atoms with Crippen LogP contribution >= 0.6 is 0 Å². The lowest BCUT2D eigenvalue weighted by Gasteiger charge is -2.25. The van der Waals surface area contributed by atoms with Gasteiger partial charge in [0.15, 0.2) is 0 Å². The lowest BCUT2D eigenvalue weighted by atomic mass is 10.1. The van der Waals surface area contributed by atoms with Gasteiger partial charge in [0.1, 0.15) is 11.5 Å². The van der Waals surface area contributed by atoms with Crippen LogP contribution in [0.2, 0.25) is 0 Å². The number of likely N-dealkylation sites (tertiary alicyclic amines) is 1. The number of amides is 1. The van der Waals surface area contributed by atoms with Crippen molar-refractivity contribution in [2.45, 2.75) is 12.5 Å². The fourth-order valence-corrected chi connectivity index (χ4v) is 3.99. The van der Waals surface area contributed by atoms with E-state index in [-0.39, 0.29) is 17.5 Å². The van der Waals surface area contributed by atoms with Gasteiger partial charge in [0, 0.05) is 69.8 Å². The molecule has 32 heavy (non-hydrogen) atoms. The predicted octanol–water partition coefficient (Wildman–Crippen LogP) is 1.38. The maximum Gasteiger partial charge on any atom is 0.271 e. The van der Waals surface area contributed by atoms with Gasteiger partial charge in [-0.25, -0.2) is 4.98 Å². The zero-order valence-electron chi connectivity index (χ0n) is 18.3. The number of aromatic amines is 1. The Hall–Kier alpha value is -3.17. The van der Waals surface area contributed by atoms with E-state index in [0.717, 1.165) is 56.2 Å². The molecule has 2 aromatic rings. The van der Waals surface area contributed by atoms with E-state index in [0.29, 0.717) is 18.8 Å². The summed E-state index contributed by atoms with van der Waals surface area (Å²) in [7, 11) is 1.82. The van der Waals surface area contributed by atoms with Gasteiger partial charge in [-0.2, -0.15) is 0 Å². The second kappa shape index (κ2) is 10.4. The van der Waals surface area contributed by atoms with Gasteiger partial charge in [0.05, 0.1) is 13.2 Å². The molecule has 0 aliphatic carbocycles. The highest BCUT2D eigenvalue weighted by molar-refractivity contribution is 5.88. The largest absolute Gasteiger partial charge is 0.379 e. The van der Waals surface area contributed by atoms with Crippen LogP contribution in [0.4, 0.5) is 11.5 Å². The van der Waals surface area contributed by atoms with Crippen LogP contribution in [-0.4, -0.2) is 84.7 Å². The number of carbonyl (C=O) groups excluding carboxylic acids is 1. The highest BCUT2D eigenvalue weighted by Crippen LogP contribution is 2.22. The molecule has 9 nitrogen and oxygen atoms in total. The number of nitrogens with zero attached hydrogens (tertiary/aromatic N) is 3. The fourth-order valence-electron chi connectivity index (χ4n) is 3.99. The summed E-state index contributed by atoms with van der Waals surface area (Å²) in [6, 6.07) is 5.71.